The standard InChI is InChI=1S/C28H30N2O2/c31-28(24-11-5-2-6-12-24)32-27-14-13-25(29-17-7-8-18-29)21-26(27)30-19-15-23(16-20-30)22-9-3-1-4-10-22/h1-6,9-14,21,23H,7-8,15-20H2. The average Bonchev–Trinajstić information content (AvgIpc) is 3.41. The Morgan fingerprint density at radius 3 is 2.09 bits per heavy atom. The minimum Gasteiger partial charge on any atom is -0.421 e. The molecule has 0 aromatic heterocycles. The van der Waals surface area contributed by atoms with Gasteiger partial charge in [-0.25, -0.2) is 4.79 Å². The largest absolute Gasteiger partial charge is 0.421 e. The summed E-state index contributed by atoms with van der Waals surface area (Å²) in [6.45, 7) is 4.11. The zero-order valence-electron chi connectivity index (χ0n) is 18.5. The Morgan fingerprint density at radius 2 is 1.41 bits per heavy atom. The van der Waals surface area contributed by atoms with Crippen molar-refractivity contribution in [3.8, 4) is 5.75 Å². The molecule has 0 bridgehead atoms. The van der Waals surface area contributed by atoms with E-state index in [1.54, 1.807) is 12.1 Å². The normalized spacial score (nSPS) is 16.9. The number of esters is 1. The Balaban J connectivity index is 1.38. The lowest BCUT2D eigenvalue weighted by atomic mass is 9.89. The monoisotopic (exact) mass is 426 g/mol. The molecule has 4 nitrogen and oxygen atoms in total. The molecule has 2 aliphatic heterocycles. The lowest BCUT2D eigenvalue weighted by Crippen LogP contribution is -2.33. The van der Waals surface area contributed by atoms with Crippen LogP contribution in [0.5, 0.6) is 5.75 Å². The highest BCUT2D eigenvalue weighted by atomic mass is 16.5. The molecule has 0 saturated carbocycles. The predicted octanol–water partition coefficient (Wildman–Crippen LogP) is 5.89. The first-order valence-electron chi connectivity index (χ1n) is 11.7. The molecule has 2 heterocycles. The van der Waals surface area contributed by atoms with Crippen LogP contribution in [-0.4, -0.2) is 32.1 Å². The van der Waals surface area contributed by atoms with Crippen LogP contribution in [0.4, 0.5) is 11.4 Å². The molecule has 5 rings (SSSR count). The van der Waals surface area contributed by atoms with E-state index in [0.717, 1.165) is 44.7 Å². The van der Waals surface area contributed by atoms with Gasteiger partial charge in [-0.2, -0.15) is 0 Å². The molecule has 3 aromatic carbocycles. The van der Waals surface area contributed by atoms with Crippen molar-refractivity contribution >= 4 is 17.3 Å². The highest BCUT2D eigenvalue weighted by Crippen LogP contribution is 2.38. The van der Waals surface area contributed by atoms with Crippen molar-refractivity contribution in [2.24, 2.45) is 0 Å². The maximum Gasteiger partial charge on any atom is 0.343 e. The van der Waals surface area contributed by atoms with Crippen LogP contribution in [0.15, 0.2) is 78.9 Å². The Labute approximate surface area is 190 Å². The fraction of sp³-hybridized carbons (Fsp3) is 0.321. The van der Waals surface area contributed by atoms with Crippen LogP contribution in [-0.2, 0) is 0 Å². The molecule has 2 fully saturated rings. The molecule has 32 heavy (non-hydrogen) atoms. The quantitative estimate of drug-likeness (QED) is 0.376. The van der Waals surface area contributed by atoms with Crippen molar-refractivity contribution in [1.29, 1.82) is 0 Å². The smallest absolute Gasteiger partial charge is 0.343 e. The Hall–Kier alpha value is -3.27. The van der Waals surface area contributed by atoms with E-state index in [1.807, 2.05) is 24.3 Å². The second kappa shape index (κ2) is 9.47. The van der Waals surface area contributed by atoms with E-state index in [1.165, 1.54) is 24.1 Å². The van der Waals surface area contributed by atoms with Crippen molar-refractivity contribution in [2.75, 3.05) is 36.0 Å². The van der Waals surface area contributed by atoms with Gasteiger partial charge in [-0.05, 0) is 67.5 Å². The first kappa shape index (κ1) is 20.6. The minimum absolute atomic E-state index is 0.306. The third kappa shape index (κ3) is 4.50. The molecular formula is C28H30N2O2. The number of benzene rings is 3. The molecule has 0 aliphatic carbocycles. The minimum atomic E-state index is -0.306. The highest BCUT2D eigenvalue weighted by molar-refractivity contribution is 5.92. The second-order valence-electron chi connectivity index (χ2n) is 8.77. The van der Waals surface area contributed by atoms with E-state index in [4.69, 9.17) is 4.74 Å². The van der Waals surface area contributed by atoms with Gasteiger partial charge in [0.15, 0.2) is 5.75 Å². The van der Waals surface area contributed by atoms with Gasteiger partial charge in [0.2, 0.25) is 0 Å². The first-order chi connectivity index (χ1) is 15.8. The summed E-state index contributed by atoms with van der Waals surface area (Å²) >= 11 is 0. The fourth-order valence-corrected chi connectivity index (χ4v) is 4.92. The number of hydrogen-bond acceptors (Lipinski definition) is 4. The molecule has 0 N–H and O–H groups in total. The zero-order chi connectivity index (χ0) is 21.8. The number of carbonyl (C=O) groups excluding carboxylic acids is 1. The summed E-state index contributed by atoms with van der Waals surface area (Å²) in [4.78, 5) is 17.6. The third-order valence-corrected chi connectivity index (χ3v) is 6.73. The van der Waals surface area contributed by atoms with Crippen LogP contribution >= 0.6 is 0 Å². The molecular weight excluding hydrogens is 396 g/mol. The maximum atomic E-state index is 12.8. The van der Waals surface area contributed by atoms with Gasteiger partial charge in [-0.15, -0.1) is 0 Å². The van der Waals surface area contributed by atoms with Gasteiger partial charge in [0.05, 0.1) is 11.3 Å². The number of anilines is 2. The van der Waals surface area contributed by atoms with E-state index in [9.17, 15) is 4.79 Å². The Bertz CT molecular complexity index is 1040. The summed E-state index contributed by atoms with van der Waals surface area (Å²) in [5, 5.41) is 0. The van der Waals surface area contributed by atoms with E-state index in [2.05, 4.69) is 52.3 Å². The van der Waals surface area contributed by atoms with Crippen molar-refractivity contribution in [3.63, 3.8) is 0 Å². The number of ether oxygens (including phenoxy) is 1. The summed E-state index contributed by atoms with van der Waals surface area (Å²) in [5.41, 5.74) is 4.26. The van der Waals surface area contributed by atoms with Gasteiger partial charge in [-0.1, -0.05) is 48.5 Å². The van der Waals surface area contributed by atoms with Gasteiger partial charge < -0.3 is 14.5 Å². The van der Waals surface area contributed by atoms with Gasteiger partial charge in [0.1, 0.15) is 0 Å². The van der Waals surface area contributed by atoms with Crippen molar-refractivity contribution < 1.29 is 9.53 Å². The third-order valence-electron chi connectivity index (χ3n) is 6.73. The van der Waals surface area contributed by atoms with Crippen molar-refractivity contribution in [1.82, 2.24) is 0 Å². The molecule has 0 spiro atoms. The average molecular weight is 427 g/mol. The number of nitrogens with zero attached hydrogens (tertiary/aromatic N) is 2. The van der Waals surface area contributed by atoms with Gasteiger partial charge in [0, 0.05) is 31.9 Å². The van der Waals surface area contributed by atoms with Gasteiger partial charge >= 0.3 is 5.97 Å². The summed E-state index contributed by atoms with van der Waals surface area (Å²) in [7, 11) is 0. The molecule has 164 valence electrons. The number of piperidine rings is 1. The van der Waals surface area contributed by atoms with E-state index in [-0.39, 0.29) is 5.97 Å². The predicted molar refractivity (Wildman–Crippen MR) is 130 cm³/mol. The fourth-order valence-electron chi connectivity index (χ4n) is 4.92. The van der Waals surface area contributed by atoms with Gasteiger partial charge in [0.25, 0.3) is 0 Å². The lowest BCUT2D eigenvalue weighted by molar-refractivity contribution is 0.0735. The van der Waals surface area contributed by atoms with Crippen LogP contribution in [0.3, 0.4) is 0 Å². The molecule has 0 unspecified atom stereocenters. The first-order valence-corrected chi connectivity index (χ1v) is 11.7. The zero-order valence-corrected chi connectivity index (χ0v) is 18.5. The summed E-state index contributed by atoms with van der Waals surface area (Å²) in [5.74, 6) is 0.935. The SMILES string of the molecule is O=C(Oc1ccc(N2CCCC2)cc1N1CCC(c2ccccc2)CC1)c1ccccc1. The van der Waals surface area contributed by atoms with E-state index in [0.29, 0.717) is 17.2 Å². The molecule has 3 aromatic rings. The van der Waals surface area contributed by atoms with Crippen molar-refractivity contribution in [2.45, 2.75) is 31.6 Å². The molecule has 4 heteroatoms. The second-order valence-corrected chi connectivity index (χ2v) is 8.77. The summed E-state index contributed by atoms with van der Waals surface area (Å²) in [6, 6.07) is 26.3. The van der Waals surface area contributed by atoms with E-state index >= 15 is 0 Å². The van der Waals surface area contributed by atoms with Crippen LogP contribution < -0.4 is 14.5 Å². The van der Waals surface area contributed by atoms with Crippen LogP contribution in [0.2, 0.25) is 0 Å². The van der Waals surface area contributed by atoms with Gasteiger partial charge in [-0.3, -0.25) is 0 Å². The molecule has 2 saturated heterocycles. The lowest BCUT2D eigenvalue weighted by Gasteiger charge is -2.35. The summed E-state index contributed by atoms with van der Waals surface area (Å²) in [6.07, 6.45) is 4.68. The molecule has 0 amide bonds. The number of hydrogen-bond donors (Lipinski definition) is 0. The topological polar surface area (TPSA) is 32.8 Å². The molecule has 0 radical (unpaired) electrons. The number of carbonyl (C=O) groups is 1. The van der Waals surface area contributed by atoms with Crippen LogP contribution in [0.1, 0.15) is 47.5 Å². The Morgan fingerprint density at radius 1 is 0.750 bits per heavy atom. The maximum absolute atomic E-state index is 12.8. The van der Waals surface area contributed by atoms with Crippen LogP contribution in [0.25, 0.3) is 0 Å². The Kier molecular flexibility index (Phi) is 6.11. The van der Waals surface area contributed by atoms with Crippen molar-refractivity contribution in [3.05, 3.63) is 90.0 Å². The highest BCUT2D eigenvalue weighted by Gasteiger charge is 2.25. The molecule has 0 atom stereocenters. The van der Waals surface area contributed by atoms with Crippen LogP contribution in [0, 0.1) is 0 Å². The number of rotatable bonds is 5. The summed E-state index contributed by atoms with van der Waals surface area (Å²) < 4.78 is 5.91. The van der Waals surface area contributed by atoms with E-state index < -0.39 is 0 Å². The molecule has 2 aliphatic rings.